The molecule has 1 aromatic carbocycles. The van der Waals surface area contributed by atoms with Gasteiger partial charge in [-0.2, -0.15) is 0 Å². The molecule has 2 amide bonds. The third-order valence-corrected chi connectivity index (χ3v) is 4.55. The van der Waals surface area contributed by atoms with Gasteiger partial charge in [-0.25, -0.2) is 4.90 Å². The fourth-order valence-corrected chi connectivity index (χ4v) is 3.22. The summed E-state index contributed by atoms with van der Waals surface area (Å²) in [7, 11) is 0. The maximum atomic E-state index is 12.2. The van der Waals surface area contributed by atoms with Gasteiger partial charge in [-0.1, -0.05) is 12.1 Å². The molecule has 1 aliphatic rings. The molecule has 7 heteroatoms. The zero-order valence-corrected chi connectivity index (χ0v) is 13.3. The lowest BCUT2D eigenvalue weighted by Gasteiger charge is -2.16. The minimum atomic E-state index is -0.298. The summed E-state index contributed by atoms with van der Waals surface area (Å²) in [5.74, 6) is 0.389. The van der Waals surface area contributed by atoms with E-state index in [2.05, 4.69) is 15.9 Å². The molecule has 0 bridgehead atoms. The molecule has 4 nitrogen and oxygen atoms in total. The number of anilines is 1. The van der Waals surface area contributed by atoms with Crippen molar-refractivity contribution in [2.75, 3.05) is 17.2 Å². The van der Waals surface area contributed by atoms with Crippen molar-refractivity contribution < 1.29 is 9.59 Å². The van der Waals surface area contributed by atoms with Gasteiger partial charge in [-0.3, -0.25) is 9.59 Å². The molecule has 1 saturated heterocycles. The number of amides is 2. The molecule has 1 fully saturated rings. The Hall–Kier alpha value is -0.560. The zero-order chi connectivity index (χ0) is 13.1. The molecule has 1 aliphatic heterocycles. The largest absolute Gasteiger partial charge is 0.330 e. The van der Waals surface area contributed by atoms with Gasteiger partial charge in [0.15, 0.2) is 0 Å². The second-order valence-electron chi connectivity index (χ2n) is 3.87. The number of thioether (sulfide) groups is 1. The monoisotopic (exact) mass is 364 g/mol. The number of carbonyl (C=O) groups is 2. The van der Waals surface area contributed by atoms with Crippen molar-refractivity contribution in [3.63, 3.8) is 0 Å². The molecule has 1 heterocycles. The van der Waals surface area contributed by atoms with Crippen LogP contribution in [-0.4, -0.2) is 29.4 Å². The summed E-state index contributed by atoms with van der Waals surface area (Å²) in [6.07, 6.45) is 0.255. The first-order valence-electron chi connectivity index (χ1n) is 5.58. The fourth-order valence-electron chi connectivity index (χ4n) is 1.83. The Morgan fingerprint density at radius 2 is 2.05 bits per heavy atom. The summed E-state index contributed by atoms with van der Waals surface area (Å²) >= 11 is 4.81. The topological polar surface area (TPSA) is 63.4 Å². The number of nitrogens with zero attached hydrogens (tertiary/aromatic N) is 1. The second kappa shape index (κ2) is 7.28. The first-order chi connectivity index (χ1) is 8.65. The van der Waals surface area contributed by atoms with E-state index in [1.165, 1.54) is 16.7 Å². The van der Waals surface area contributed by atoms with E-state index in [0.717, 1.165) is 4.47 Å². The van der Waals surface area contributed by atoms with Crippen molar-refractivity contribution in [1.29, 1.82) is 0 Å². The van der Waals surface area contributed by atoms with Crippen molar-refractivity contribution in [1.82, 2.24) is 0 Å². The van der Waals surface area contributed by atoms with Crippen LogP contribution in [0.25, 0.3) is 0 Å². The Labute approximate surface area is 130 Å². The van der Waals surface area contributed by atoms with Crippen LogP contribution in [0.5, 0.6) is 0 Å². The summed E-state index contributed by atoms with van der Waals surface area (Å²) in [4.78, 5) is 25.4. The summed E-state index contributed by atoms with van der Waals surface area (Å²) in [6.45, 7) is 0.512. The summed E-state index contributed by atoms with van der Waals surface area (Å²) in [6, 6.07) is 7.23. The van der Waals surface area contributed by atoms with Crippen LogP contribution in [0, 0.1) is 0 Å². The summed E-state index contributed by atoms with van der Waals surface area (Å²) in [5, 5.41) is -0.298. The Kier molecular flexibility index (Phi) is 6.32. The number of hydrogen-bond acceptors (Lipinski definition) is 4. The predicted octanol–water partition coefficient (Wildman–Crippen LogP) is 2.19. The van der Waals surface area contributed by atoms with E-state index in [1.54, 1.807) is 12.1 Å². The van der Waals surface area contributed by atoms with Crippen LogP contribution in [0.2, 0.25) is 0 Å². The van der Waals surface area contributed by atoms with E-state index in [1.807, 2.05) is 12.1 Å². The molecular formula is C12H14BrClN2O2S. The minimum absolute atomic E-state index is 0. The van der Waals surface area contributed by atoms with Crippen molar-refractivity contribution in [2.45, 2.75) is 11.7 Å². The van der Waals surface area contributed by atoms with E-state index in [0.29, 0.717) is 18.0 Å². The molecule has 1 aromatic rings. The number of halogens is 2. The zero-order valence-electron chi connectivity index (χ0n) is 10.0. The van der Waals surface area contributed by atoms with Gasteiger partial charge in [-0.05, 0) is 28.1 Å². The normalized spacial score (nSPS) is 18.6. The smallest absolute Gasteiger partial charge is 0.247 e. The highest BCUT2D eigenvalue weighted by atomic mass is 79.9. The molecular weight excluding hydrogens is 352 g/mol. The van der Waals surface area contributed by atoms with Crippen LogP contribution >= 0.6 is 40.1 Å². The van der Waals surface area contributed by atoms with Gasteiger partial charge in [0, 0.05) is 23.2 Å². The number of benzene rings is 1. The molecule has 0 aromatic heterocycles. The number of carbonyl (C=O) groups excluding carboxylic acids is 2. The van der Waals surface area contributed by atoms with Crippen molar-refractivity contribution in [2.24, 2.45) is 5.73 Å². The molecule has 19 heavy (non-hydrogen) atoms. The van der Waals surface area contributed by atoms with Gasteiger partial charge in [0.2, 0.25) is 11.8 Å². The van der Waals surface area contributed by atoms with Crippen LogP contribution in [0.15, 0.2) is 28.7 Å². The molecule has 2 rings (SSSR count). The lowest BCUT2D eigenvalue weighted by molar-refractivity contribution is -0.121. The molecule has 0 aliphatic carbocycles. The number of rotatable bonds is 4. The number of hydrogen-bond donors (Lipinski definition) is 1. The third kappa shape index (κ3) is 3.51. The minimum Gasteiger partial charge on any atom is -0.330 e. The molecule has 1 unspecified atom stereocenters. The Morgan fingerprint density at radius 3 is 2.68 bits per heavy atom. The Balaban J connectivity index is 0.00000180. The van der Waals surface area contributed by atoms with Gasteiger partial charge in [-0.15, -0.1) is 24.2 Å². The molecule has 104 valence electrons. The molecule has 2 N–H and O–H groups in total. The van der Waals surface area contributed by atoms with Crippen LogP contribution < -0.4 is 10.6 Å². The first kappa shape index (κ1) is 16.5. The lowest BCUT2D eigenvalue weighted by atomic mass is 10.3. The van der Waals surface area contributed by atoms with Gasteiger partial charge < -0.3 is 5.73 Å². The van der Waals surface area contributed by atoms with Crippen LogP contribution in [0.1, 0.15) is 6.42 Å². The van der Waals surface area contributed by atoms with Crippen molar-refractivity contribution >= 4 is 57.6 Å². The van der Waals surface area contributed by atoms with E-state index in [9.17, 15) is 9.59 Å². The SMILES string of the molecule is Cl.NCCSC1CC(=O)N(c2ccccc2Br)C1=O. The standard InChI is InChI=1S/C12H13BrN2O2S.ClH/c13-8-3-1-2-4-9(8)15-11(16)7-10(12(15)17)18-6-5-14;/h1-4,10H,5-7,14H2;1H. The lowest BCUT2D eigenvalue weighted by Crippen LogP contribution is -2.31. The average Bonchev–Trinajstić information content (AvgIpc) is 2.63. The highest BCUT2D eigenvalue weighted by Gasteiger charge is 2.40. The number of imide groups is 1. The van der Waals surface area contributed by atoms with Gasteiger partial charge >= 0.3 is 0 Å². The number of para-hydroxylation sites is 1. The Morgan fingerprint density at radius 1 is 1.37 bits per heavy atom. The summed E-state index contributed by atoms with van der Waals surface area (Å²) < 4.78 is 0.746. The quantitative estimate of drug-likeness (QED) is 0.831. The van der Waals surface area contributed by atoms with Crippen LogP contribution in [0.4, 0.5) is 5.69 Å². The predicted molar refractivity (Wildman–Crippen MR) is 83.8 cm³/mol. The fraction of sp³-hybridized carbons (Fsp3) is 0.333. The molecule has 0 spiro atoms. The van der Waals surface area contributed by atoms with E-state index < -0.39 is 0 Å². The second-order valence-corrected chi connectivity index (χ2v) is 6.04. The maximum absolute atomic E-state index is 12.2. The maximum Gasteiger partial charge on any atom is 0.247 e. The summed E-state index contributed by atoms with van der Waals surface area (Å²) in [5.41, 5.74) is 6.03. The van der Waals surface area contributed by atoms with Crippen molar-refractivity contribution in [3.05, 3.63) is 28.7 Å². The molecule has 0 saturated carbocycles. The van der Waals surface area contributed by atoms with Crippen LogP contribution in [0.3, 0.4) is 0 Å². The highest BCUT2D eigenvalue weighted by molar-refractivity contribution is 9.10. The first-order valence-corrected chi connectivity index (χ1v) is 7.42. The third-order valence-electron chi connectivity index (χ3n) is 2.64. The van der Waals surface area contributed by atoms with Gasteiger partial charge in [0.25, 0.3) is 0 Å². The Bertz CT molecular complexity index is 487. The number of nitrogens with two attached hydrogens (primary N) is 1. The van der Waals surface area contributed by atoms with Gasteiger partial charge in [0.1, 0.15) is 0 Å². The van der Waals surface area contributed by atoms with Crippen molar-refractivity contribution in [3.8, 4) is 0 Å². The van der Waals surface area contributed by atoms with E-state index in [4.69, 9.17) is 5.73 Å². The highest BCUT2D eigenvalue weighted by Crippen LogP contribution is 2.33. The van der Waals surface area contributed by atoms with E-state index >= 15 is 0 Å². The van der Waals surface area contributed by atoms with Crippen LogP contribution in [-0.2, 0) is 9.59 Å². The van der Waals surface area contributed by atoms with Gasteiger partial charge in [0.05, 0.1) is 10.9 Å². The molecule has 0 radical (unpaired) electrons. The van der Waals surface area contributed by atoms with E-state index in [-0.39, 0.29) is 35.9 Å². The average molecular weight is 366 g/mol. The molecule has 1 atom stereocenters.